The number of allylic oxidation sites excluding steroid dienone is 1. The molecule has 8 heteroatoms. The van der Waals surface area contributed by atoms with Gasteiger partial charge in [-0.15, -0.1) is 0 Å². The van der Waals surface area contributed by atoms with Gasteiger partial charge in [0, 0.05) is 0 Å². The van der Waals surface area contributed by atoms with Crippen molar-refractivity contribution in [1.82, 2.24) is 0 Å². The van der Waals surface area contributed by atoms with Gasteiger partial charge < -0.3 is 9.47 Å². The number of hydrogen-bond acceptors (Lipinski definition) is 7. The molecule has 198 valence electrons. The molecule has 6 nitrogen and oxygen atoms in total. The molecule has 0 radical (unpaired) electrons. The number of nitriles is 1. The molecule has 1 aromatic rings. The van der Waals surface area contributed by atoms with E-state index in [1.807, 2.05) is 6.07 Å². The third kappa shape index (κ3) is 4.16. The van der Waals surface area contributed by atoms with Crippen molar-refractivity contribution in [2.45, 2.75) is 101 Å². The molecule has 0 spiro atoms. The van der Waals surface area contributed by atoms with Crippen molar-refractivity contribution < 1.29 is 19.1 Å². The van der Waals surface area contributed by atoms with Crippen molar-refractivity contribution in [3.8, 4) is 17.6 Å². The van der Waals surface area contributed by atoms with Gasteiger partial charge >= 0.3 is 11.9 Å². The molecule has 38 heavy (non-hydrogen) atoms. The van der Waals surface area contributed by atoms with Crippen LogP contribution in [0.1, 0.15) is 90.9 Å². The van der Waals surface area contributed by atoms with Crippen molar-refractivity contribution in [3.63, 3.8) is 0 Å². The highest BCUT2D eigenvalue weighted by atomic mass is 32.2. The van der Waals surface area contributed by atoms with Gasteiger partial charge in [0.25, 0.3) is 5.70 Å². The fourth-order valence-corrected chi connectivity index (χ4v) is 9.55. The van der Waals surface area contributed by atoms with E-state index in [2.05, 4.69) is 18.7 Å². The van der Waals surface area contributed by atoms with Gasteiger partial charge in [-0.2, -0.15) is 0 Å². The molecule has 0 saturated heterocycles. The predicted molar refractivity (Wildman–Crippen MR) is 145 cm³/mol. The largest absolute Gasteiger partial charge is 0.425 e. The third-order valence-corrected chi connectivity index (χ3v) is 13.0. The van der Waals surface area contributed by atoms with Crippen LogP contribution in [0.5, 0.6) is 11.5 Å². The van der Waals surface area contributed by atoms with E-state index in [0.29, 0.717) is 36.4 Å². The number of benzene rings is 1. The Kier molecular flexibility index (Phi) is 6.16. The maximum Gasteiger partial charge on any atom is 0.317 e. The molecule has 4 bridgehead atoms. The van der Waals surface area contributed by atoms with Gasteiger partial charge in [-0.25, -0.2) is 10.1 Å². The summed E-state index contributed by atoms with van der Waals surface area (Å²) in [5.41, 5.74) is -0.184. The summed E-state index contributed by atoms with van der Waals surface area (Å²) in [4.78, 5) is 31.7. The molecule has 0 N–H and O–H groups in total. The predicted octanol–water partition coefficient (Wildman–Crippen LogP) is 8.03. The summed E-state index contributed by atoms with van der Waals surface area (Å²) in [5.74, 6) is 0.451. The molecular weight excluding hydrogens is 516 g/mol. The summed E-state index contributed by atoms with van der Waals surface area (Å²) in [6.45, 7) is 12.1. The van der Waals surface area contributed by atoms with E-state index in [1.165, 1.54) is 23.5 Å². The molecule has 1 aromatic carbocycles. The van der Waals surface area contributed by atoms with Gasteiger partial charge in [0.2, 0.25) is 0 Å². The first-order valence-electron chi connectivity index (χ1n) is 13.6. The summed E-state index contributed by atoms with van der Waals surface area (Å²) < 4.78 is 12.7. The number of nitrogens with zero attached hydrogens (tertiary/aromatic N) is 2. The fraction of sp³-hybridized carbons (Fsp3) is 0.600. The summed E-state index contributed by atoms with van der Waals surface area (Å²) in [6, 6.07) is 5.39. The zero-order valence-electron chi connectivity index (χ0n) is 22.0. The molecule has 8 rings (SSSR count). The van der Waals surface area contributed by atoms with Crippen molar-refractivity contribution >= 4 is 35.5 Å². The van der Waals surface area contributed by atoms with Crippen LogP contribution in [0.4, 0.5) is 0 Å². The summed E-state index contributed by atoms with van der Waals surface area (Å²) in [5, 5.41) is 9.50. The van der Waals surface area contributed by atoms with Crippen LogP contribution in [0.25, 0.3) is 4.85 Å². The molecule has 1 aliphatic heterocycles. The quantitative estimate of drug-likeness (QED) is 0.163. The monoisotopic (exact) mass is 548 g/mol. The van der Waals surface area contributed by atoms with Gasteiger partial charge in [0.15, 0.2) is 0 Å². The number of esters is 2. The normalized spacial score (nSPS) is 34.7. The number of carbonyl (C=O) groups excluding carboxylic acids is 2. The Balaban J connectivity index is 1.29. The molecule has 6 saturated carbocycles. The second kappa shape index (κ2) is 9.07. The molecule has 0 unspecified atom stereocenters. The highest BCUT2D eigenvalue weighted by molar-refractivity contribution is 8.24. The Bertz CT molecular complexity index is 1200. The minimum absolute atomic E-state index is 0.0133. The maximum absolute atomic E-state index is 13.5. The lowest BCUT2D eigenvalue weighted by molar-refractivity contribution is -0.156. The molecule has 1 heterocycles. The van der Waals surface area contributed by atoms with E-state index in [0.717, 1.165) is 77.0 Å². The van der Waals surface area contributed by atoms with Crippen LogP contribution in [0.2, 0.25) is 0 Å². The number of thioether (sulfide) groups is 2. The average molecular weight is 549 g/mol. The Morgan fingerprint density at radius 1 is 0.789 bits per heavy atom. The van der Waals surface area contributed by atoms with Crippen LogP contribution in [0.15, 0.2) is 31.9 Å². The molecular formula is C30H32N2O4S2. The van der Waals surface area contributed by atoms with E-state index in [4.69, 9.17) is 16.0 Å². The first-order valence-corrected chi connectivity index (χ1v) is 15.2. The maximum atomic E-state index is 13.5. The number of carbonyl (C=O) groups is 2. The lowest BCUT2D eigenvalue weighted by Gasteiger charge is -2.50. The van der Waals surface area contributed by atoms with Crippen LogP contribution < -0.4 is 9.47 Å². The van der Waals surface area contributed by atoms with Gasteiger partial charge in [-0.05, 0) is 100 Å². The second-order valence-electron chi connectivity index (χ2n) is 12.7. The zero-order chi connectivity index (χ0) is 26.8. The number of ether oxygens (including phenoxy) is 2. The highest BCUT2D eigenvalue weighted by Gasteiger charge is 2.53. The Morgan fingerprint density at radius 3 is 1.47 bits per heavy atom. The lowest BCUT2D eigenvalue weighted by atomic mass is 9.54. The fourth-order valence-electron chi connectivity index (χ4n) is 7.07. The standard InChI is InChI=1S/C30H32N2O4S2/c1-27-6-12-29(13-7-27,14-8-27)25(33)35-20-4-5-21(23-22(20)37-24(38-23)19(18-31)32-3)36-26(34)30-15-9-28(2,10-16-30)11-17-30/h4-5H,6-17H2,1-2H3. The number of rotatable bonds is 4. The SMILES string of the molecule is [C-]#[N+]C(C#N)=C1Sc2c(OC(=O)C34CCC(C)(CC3)CC4)ccc(OC(=O)C34CCC(C)(CC3)CC4)c2S1. The smallest absolute Gasteiger partial charge is 0.317 e. The van der Waals surface area contributed by atoms with E-state index in [9.17, 15) is 14.9 Å². The molecule has 6 fully saturated rings. The highest BCUT2D eigenvalue weighted by Crippen LogP contribution is 2.62. The Morgan fingerprint density at radius 2 is 1.16 bits per heavy atom. The first kappa shape index (κ1) is 25.8. The van der Waals surface area contributed by atoms with Gasteiger partial charge in [-0.1, -0.05) is 37.4 Å². The van der Waals surface area contributed by atoms with Crippen LogP contribution in [-0.2, 0) is 9.59 Å². The average Bonchev–Trinajstić information content (AvgIpc) is 3.38. The van der Waals surface area contributed by atoms with Gasteiger partial charge in [0.05, 0.1) is 37.5 Å². The second-order valence-corrected chi connectivity index (χ2v) is 15.0. The summed E-state index contributed by atoms with van der Waals surface area (Å²) in [6.07, 6.45) is 11.4. The van der Waals surface area contributed by atoms with Crippen molar-refractivity contribution in [1.29, 1.82) is 5.26 Å². The van der Waals surface area contributed by atoms with E-state index < -0.39 is 10.8 Å². The Labute approximate surface area is 232 Å². The number of fused-ring (bicyclic) bond motifs is 7. The summed E-state index contributed by atoms with van der Waals surface area (Å²) >= 11 is 2.50. The molecule has 6 aliphatic carbocycles. The van der Waals surface area contributed by atoms with Crippen molar-refractivity contribution in [2.75, 3.05) is 0 Å². The lowest BCUT2D eigenvalue weighted by Crippen LogP contribution is -2.46. The van der Waals surface area contributed by atoms with Gasteiger partial charge in [-0.3, -0.25) is 9.59 Å². The van der Waals surface area contributed by atoms with Crippen LogP contribution in [-0.4, -0.2) is 11.9 Å². The Hall–Kier alpha value is -2.42. The zero-order valence-corrected chi connectivity index (χ0v) is 23.6. The van der Waals surface area contributed by atoms with E-state index >= 15 is 0 Å². The van der Waals surface area contributed by atoms with Gasteiger partial charge in [0.1, 0.15) is 11.5 Å². The summed E-state index contributed by atoms with van der Waals surface area (Å²) in [7, 11) is 0. The van der Waals surface area contributed by atoms with E-state index in [-0.39, 0.29) is 17.6 Å². The van der Waals surface area contributed by atoms with Crippen LogP contribution in [0.3, 0.4) is 0 Å². The minimum atomic E-state index is -0.436. The topological polar surface area (TPSA) is 80.8 Å². The van der Waals surface area contributed by atoms with Crippen molar-refractivity contribution in [3.05, 3.63) is 33.5 Å². The number of hydrogen-bond donors (Lipinski definition) is 0. The minimum Gasteiger partial charge on any atom is -0.425 e. The first-order chi connectivity index (χ1) is 18.1. The third-order valence-electron chi connectivity index (χ3n) is 10.4. The van der Waals surface area contributed by atoms with Crippen LogP contribution in [0, 0.1) is 39.6 Å². The molecule has 0 amide bonds. The van der Waals surface area contributed by atoms with Crippen molar-refractivity contribution in [2.24, 2.45) is 21.7 Å². The van der Waals surface area contributed by atoms with Crippen LogP contribution >= 0.6 is 23.5 Å². The molecule has 7 aliphatic rings. The molecule has 0 aromatic heterocycles. The van der Waals surface area contributed by atoms with E-state index in [1.54, 1.807) is 12.1 Å². The molecule has 0 atom stereocenters.